The van der Waals surface area contributed by atoms with E-state index in [1.54, 1.807) is 74.8 Å². The lowest BCUT2D eigenvalue weighted by Crippen LogP contribution is -2.41. The molecule has 230 valence electrons. The maximum Gasteiger partial charge on any atom is 0.393 e. The number of fused-ring (bicyclic) bond motifs is 1. The average Bonchev–Trinajstić information content (AvgIpc) is 3.37. The number of amides is 1. The van der Waals surface area contributed by atoms with Crippen molar-refractivity contribution in [1.29, 1.82) is 0 Å². The minimum Gasteiger partial charge on any atom is -0.473 e. The van der Waals surface area contributed by atoms with Crippen LogP contribution in [-0.4, -0.2) is 76.9 Å². The Balaban J connectivity index is 1.45. The number of H-pyrrole nitrogens is 1. The highest BCUT2D eigenvalue weighted by Gasteiger charge is 2.32. The Hall–Kier alpha value is -4.51. The molecule has 5 rings (SSSR count). The first kappa shape index (κ1) is 30.9. The lowest BCUT2D eigenvalue weighted by atomic mass is 9.88. The highest BCUT2D eigenvalue weighted by molar-refractivity contribution is 6.00. The van der Waals surface area contributed by atoms with E-state index in [1.807, 2.05) is 6.08 Å². The summed E-state index contributed by atoms with van der Waals surface area (Å²) >= 11 is 0. The number of carbonyl (C=O) groups is 1. The van der Waals surface area contributed by atoms with Crippen molar-refractivity contribution in [3.8, 4) is 5.88 Å². The van der Waals surface area contributed by atoms with Crippen LogP contribution in [-0.2, 0) is 4.79 Å². The summed E-state index contributed by atoms with van der Waals surface area (Å²) in [5.41, 5.74) is 2.01. The van der Waals surface area contributed by atoms with Crippen molar-refractivity contribution < 1.29 is 27.1 Å². The smallest absolute Gasteiger partial charge is 0.393 e. The zero-order valence-electron chi connectivity index (χ0n) is 24.4. The molecule has 1 aliphatic rings. The zero-order chi connectivity index (χ0) is 31.3. The molecule has 0 aliphatic carbocycles. The Morgan fingerprint density at radius 2 is 1.86 bits per heavy atom. The van der Waals surface area contributed by atoms with E-state index in [2.05, 4.69) is 20.1 Å². The largest absolute Gasteiger partial charge is 0.473 e. The molecule has 1 atom stereocenters. The molecular formula is C33H33F4N5O2. The summed E-state index contributed by atoms with van der Waals surface area (Å²) in [5.74, 6) is -0.457. The van der Waals surface area contributed by atoms with E-state index < -0.39 is 18.5 Å². The number of alkyl halides is 3. The van der Waals surface area contributed by atoms with Crippen LogP contribution in [0.5, 0.6) is 5.88 Å². The number of halogens is 4. The van der Waals surface area contributed by atoms with Crippen molar-refractivity contribution >= 4 is 28.0 Å². The number of likely N-dealkylation sites (tertiary alicyclic amines) is 1. The molecule has 0 radical (unpaired) electrons. The minimum absolute atomic E-state index is 0.0422. The van der Waals surface area contributed by atoms with Gasteiger partial charge in [-0.15, -0.1) is 5.10 Å². The van der Waals surface area contributed by atoms with Crippen molar-refractivity contribution in [3.63, 3.8) is 0 Å². The van der Waals surface area contributed by atoms with Gasteiger partial charge in [-0.1, -0.05) is 42.5 Å². The number of ether oxygens (including phenoxy) is 1. The standard InChI is InChI=1S/C33H33F4N5O2/c1-41(2)30(43)11-7-17-42-16-6-10-25(21-42)44-29-15-13-24(20-38-29)31(23-12-14-28-26(18-23)32(34)40-39-28)27(19-33(35,36)37)22-8-4-3-5-9-22/h3-5,7-9,11-15,18,20,25H,6,10,16-17,19,21H2,1-2H3,(H,39,40)/b11-7+,31-27-/t25-/m0/s1. The van der Waals surface area contributed by atoms with Gasteiger partial charge in [0.2, 0.25) is 17.7 Å². The van der Waals surface area contributed by atoms with E-state index in [1.165, 1.54) is 17.2 Å². The molecule has 1 fully saturated rings. The maximum absolute atomic E-state index is 14.4. The molecule has 1 amide bonds. The molecule has 7 nitrogen and oxygen atoms in total. The Bertz CT molecular complexity index is 1650. The summed E-state index contributed by atoms with van der Waals surface area (Å²) in [6.45, 7) is 2.14. The van der Waals surface area contributed by atoms with Gasteiger partial charge in [0, 0.05) is 51.1 Å². The van der Waals surface area contributed by atoms with E-state index in [-0.39, 0.29) is 28.5 Å². The normalized spacial score (nSPS) is 16.7. The average molecular weight is 608 g/mol. The number of hydrogen-bond donors (Lipinski definition) is 1. The van der Waals surface area contributed by atoms with E-state index >= 15 is 0 Å². The number of benzene rings is 2. The Kier molecular flexibility index (Phi) is 9.43. The van der Waals surface area contributed by atoms with Crippen molar-refractivity contribution in [2.45, 2.75) is 31.5 Å². The summed E-state index contributed by atoms with van der Waals surface area (Å²) in [6.07, 6.45) is 0.799. The molecular weight excluding hydrogens is 574 g/mol. The van der Waals surface area contributed by atoms with Crippen LogP contribution in [0.25, 0.3) is 22.0 Å². The van der Waals surface area contributed by atoms with Crippen LogP contribution < -0.4 is 4.74 Å². The third kappa shape index (κ3) is 7.71. The number of pyridine rings is 1. The lowest BCUT2D eigenvalue weighted by molar-refractivity contribution is -0.124. The number of nitrogens with zero attached hydrogens (tertiary/aromatic N) is 4. The SMILES string of the molecule is CN(C)C(=O)/C=C/CN1CCC[C@H](Oc2ccc(/C(=C(/CC(F)(F)F)c3ccccc3)c3ccc4[nH]nc(F)c4c3)cn2)C1. The predicted molar refractivity (Wildman–Crippen MR) is 161 cm³/mol. The van der Waals surface area contributed by atoms with Crippen molar-refractivity contribution in [1.82, 2.24) is 25.0 Å². The van der Waals surface area contributed by atoms with Crippen LogP contribution in [0.3, 0.4) is 0 Å². The van der Waals surface area contributed by atoms with Crippen LogP contribution in [0.4, 0.5) is 17.6 Å². The number of hydrogen-bond acceptors (Lipinski definition) is 5. The maximum atomic E-state index is 14.4. The van der Waals surface area contributed by atoms with Gasteiger partial charge < -0.3 is 9.64 Å². The van der Waals surface area contributed by atoms with Gasteiger partial charge in [-0.25, -0.2) is 4.98 Å². The molecule has 4 aromatic rings. The molecule has 1 N–H and O–H groups in total. The topological polar surface area (TPSA) is 74.3 Å². The molecule has 0 unspecified atom stereocenters. The minimum atomic E-state index is -4.50. The van der Waals surface area contributed by atoms with Gasteiger partial charge in [0.15, 0.2) is 0 Å². The second kappa shape index (κ2) is 13.4. The first-order chi connectivity index (χ1) is 21.1. The fourth-order valence-corrected chi connectivity index (χ4v) is 5.32. The molecule has 3 heterocycles. The van der Waals surface area contributed by atoms with Crippen molar-refractivity contribution in [2.24, 2.45) is 0 Å². The number of nitrogens with one attached hydrogen (secondary N) is 1. The molecule has 44 heavy (non-hydrogen) atoms. The first-order valence-electron chi connectivity index (χ1n) is 14.3. The number of rotatable bonds is 9. The van der Waals surface area contributed by atoms with Gasteiger partial charge in [-0.05, 0) is 59.9 Å². The van der Waals surface area contributed by atoms with E-state index in [0.717, 1.165) is 19.4 Å². The Morgan fingerprint density at radius 3 is 2.57 bits per heavy atom. The van der Waals surface area contributed by atoms with Crippen LogP contribution in [0.15, 0.2) is 79.0 Å². The van der Waals surface area contributed by atoms with E-state index in [4.69, 9.17) is 4.74 Å². The highest BCUT2D eigenvalue weighted by Crippen LogP contribution is 2.40. The third-order valence-corrected chi connectivity index (χ3v) is 7.45. The fraction of sp³-hybridized carbons (Fsp3) is 0.303. The second-order valence-electron chi connectivity index (χ2n) is 10.9. The number of aromatic nitrogens is 3. The predicted octanol–water partition coefficient (Wildman–Crippen LogP) is 6.50. The molecule has 0 bridgehead atoms. The molecule has 2 aromatic carbocycles. The number of aromatic amines is 1. The van der Waals surface area contributed by atoms with Gasteiger partial charge in [0.25, 0.3) is 0 Å². The molecule has 0 spiro atoms. The highest BCUT2D eigenvalue weighted by atomic mass is 19.4. The zero-order valence-corrected chi connectivity index (χ0v) is 24.4. The molecule has 1 saturated heterocycles. The van der Waals surface area contributed by atoms with Crippen LogP contribution in [0.2, 0.25) is 0 Å². The van der Waals surface area contributed by atoms with Crippen molar-refractivity contribution in [2.75, 3.05) is 33.7 Å². The van der Waals surface area contributed by atoms with Crippen LogP contribution in [0.1, 0.15) is 36.0 Å². The summed E-state index contributed by atoms with van der Waals surface area (Å²) in [5, 5.41) is 6.36. The van der Waals surface area contributed by atoms with Crippen LogP contribution >= 0.6 is 0 Å². The molecule has 1 aliphatic heterocycles. The van der Waals surface area contributed by atoms with Gasteiger partial charge in [-0.3, -0.25) is 14.8 Å². The second-order valence-corrected chi connectivity index (χ2v) is 10.9. The first-order valence-corrected chi connectivity index (χ1v) is 14.3. The molecule has 2 aromatic heterocycles. The van der Waals surface area contributed by atoms with Crippen LogP contribution in [0, 0.1) is 5.95 Å². The van der Waals surface area contributed by atoms with Gasteiger partial charge >= 0.3 is 6.18 Å². The Labute approximate surface area is 252 Å². The number of allylic oxidation sites excluding steroid dienone is 1. The molecule has 0 saturated carbocycles. The number of carbonyl (C=O) groups excluding carboxylic acids is 1. The van der Waals surface area contributed by atoms with Crippen molar-refractivity contribution in [3.05, 3.63) is 102 Å². The summed E-state index contributed by atoms with van der Waals surface area (Å²) in [6, 6.07) is 16.4. The third-order valence-electron chi connectivity index (χ3n) is 7.45. The van der Waals surface area contributed by atoms with Gasteiger partial charge in [0.05, 0.1) is 17.3 Å². The van der Waals surface area contributed by atoms with E-state index in [9.17, 15) is 22.4 Å². The lowest BCUT2D eigenvalue weighted by Gasteiger charge is -2.31. The fourth-order valence-electron chi connectivity index (χ4n) is 5.32. The number of piperidine rings is 1. The summed E-state index contributed by atoms with van der Waals surface area (Å²) in [4.78, 5) is 20.0. The van der Waals surface area contributed by atoms with Gasteiger partial charge in [-0.2, -0.15) is 17.6 Å². The Morgan fingerprint density at radius 1 is 1.09 bits per heavy atom. The summed E-state index contributed by atoms with van der Waals surface area (Å²) in [7, 11) is 3.40. The number of likely N-dealkylation sites (N-methyl/N-ethyl adjacent to an activating group) is 1. The summed E-state index contributed by atoms with van der Waals surface area (Å²) < 4.78 is 62.6. The van der Waals surface area contributed by atoms with Gasteiger partial charge in [0.1, 0.15) is 6.10 Å². The monoisotopic (exact) mass is 607 g/mol. The quantitative estimate of drug-likeness (QED) is 0.134. The molecule has 11 heteroatoms. The van der Waals surface area contributed by atoms with E-state index in [0.29, 0.717) is 41.2 Å².